The number of rotatable bonds is 6. The van der Waals surface area contributed by atoms with E-state index in [0.29, 0.717) is 29.5 Å². The van der Waals surface area contributed by atoms with Gasteiger partial charge in [-0.2, -0.15) is 10.2 Å². The third-order valence-electron chi connectivity index (χ3n) is 3.43. The van der Waals surface area contributed by atoms with Crippen molar-refractivity contribution in [2.75, 3.05) is 6.61 Å². The van der Waals surface area contributed by atoms with Gasteiger partial charge in [-0.25, -0.2) is 4.79 Å². The van der Waals surface area contributed by atoms with Crippen molar-refractivity contribution < 1.29 is 14.6 Å². The number of carbonyl (C=O) groups is 1. The van der Waals surface area contributed by atoms with E-state index in [2.05, 4.69) is 17.2 Å². The molecular formula is C18H20N2O3. The molecule has 5 nitrogen and oxygen atoms in total. The monoisotopic (exact) mass is 312 g/mol. The molecule has 23 heavy (non-hydrogen) atoms. The van der Waals surface area contributed by atoms with E-state index in [9.17, 15) is 9.90 Å². The zero-order valence-corrected chi connectivity index (χ0v) is 13.3. The Bertz CT molecular complexity index is 664. The molecule has 2 aromatic rings. The van der Waals surface area contributed by atoms with Gasteiger partial charge in [-0.15, -0.1) is 0 Å². The molecule has 0 saturated carbocycles. The van der Waals surface area contributed by atoms with Gasteiger partial charge in [0, 0.05) is 0 Å². The Morgan fingerprint density at radius 3 is 2.09 bits per heavy atom. The lowest BCUT2D eigenvalue weighted by atomic mass is 10.1. The zero-order chi connectivity index (χ0) is 16.7. The summed E-state index contributed by atoms with van der Waals surface area (Å²) in [4.78, 5) is 11.9. The lowest BCUT2D eigenvalue weighted by Crippen LogP contribution is -2.11. The molecule has 0 aliphatic rings. The Hall–Kier alpha value is -2.69. The van der Waals surface area contributed by atoms with Crippen LogP contribution in [0.25, 0.3) is 0 Å². The average molecular weight is 312 g/mol. The number of aromatic hydroxyl groups is 1. The molecule has 5 heteroatoms. The molecule has 0 spiro atoms. The third-order valence-corrected chi connectivity index (χ3v) is 3.43. The van der Waals surface area contributed by atoms with Crippen molar-refractivity contribution in [2.24, 2.45) is 16.1 Å². The highest BCUT2D eigenvalue weighted by Crippen LogP contribution is 2.21. The minimum absolute atomic E-state index is 0.184. The number of hydrogen-bond donors (Lipinski definition) is 1. The zero-order valence-electron chi connectivity index (χ0n) is 13.3. The number of ether oxygens (including phenoxy) is 1. The fourth-order valence-corrected chi connectivity index (χ4v) is 1.72. The number of benzene rings is 2. The number of azo groups is 1. The topological polar surface area (TPSA) is 71.2 Å². The molecule has 0 saturated heterocycles. The number of phenolic OH excluding ortho intramolecular Hbond substituents is 1. The van der Waals surface area contributed by atoms with Crippen molar-refractivity contribution in [3.63, 3.8) is 0 Å². The Kier molecular flexibility index (Phi) is 5.86. The van der Waals surface area contributed by atoms with Crippen molar-refractivity contribution >= 4 is 17.3 Å². The molecule has 1 atom stereocenters. The third kappa shape index (κ3) is 5.21. The van der Waals surface area contributed by atoms with Gasteiger partial charge in [-0.05, 0) is 54.4 Å². The molecule has 0 aromatic heterocycles. The van der Waals surface area contributed by atoms with Crippen LogP contribution >= 0.6 is 0 Å². The summed E-state index contributed by atoms with van der Waals surface area (Å²) in [7, 11) is 0. The van der Waals surface area contributed by atoms with Gasteiger partial charge in [0.1, 0.15) is 5.75 Å². The maximum atomic E-state index is 11.9. The molecule has 2 rings (SSSR count). The van der Waals surface area contributed by atoms with E-state index in [1.807, 2.05) is 6.92 Å². The standard InChI is InChI=1S/C18H20N2O3/c1-3-13(2)12-23-18(22)14-4-6-15(7-5-14)19-20-16-8-10-17(21)11-9-16/h4-11,13,21H,3,12H2,1-2H3. The molecule has 0 amide bonds. The van der Waals surface area contributed by atoms with Crippen LogP contribution in [0.2, 0.25) is 0 Å². The van der Waals surface area contributed by atoms with Crippen molar-refractivity contribution in [1.82, 2.24) is 0 Å². The van der Waals surface area contributed by atoms with Gasteiger partial charge in [0.2, 0.25) is 0 Å². The summed E-state index contributed by atoms with van der Waals surface area (Å²) in [5.41, 5.74) is 1.77. The number of hydrogen-bond acceptors (Lipinski definition) is 5. The smallest absolute Gasteiger partial charge is 0.338 e. The summed E-state index contributed by atoms with van der Waals surface area (Å²) >= 11 is 0. The van der Waals surface area contributed by atoms with Crippen LogP contribution in [0, 0.1) is 5.92 Å². The first kappa shape index (κ1) is 16.7. The molecule has 0 aliphatic heterocycles. The summed E-state index contributed by atoms with van der Waals surface area (Å²) in [6, 6.07) is 13.2. The second-order valence-corrected chi connectivity index (χ2v) is 5.38. The van der Waals surface area contributed by atoms with Crippen LogP contribution in [-0.2, 0) is 4.74 Å². The van der Waals surface area contributed by atoms with Crippen LogP contribution in [-0.4, -0.2) is 17.7 Å². The molecular weight excluding hydrogens is 292 g/mol. The van der Waals surface area contributed by atoms with E-state index in [1.54, 1.807) is 48.5 Å². The number of nitrogens with zero attached hydrogens (tertiary/aromatic N) is 2. The van der Waals surface area contributed by atoms with Gasteiger partial charge < -0.3 is 9.84 Å². The van der Waals surface area contributed by atoms with E-state index in [4.69, 9.17) is 4.74 Å². The molecule has 0 bridgehead atoms. The second-order valence-electron chi connectivity index (χ2n) is 5.38. The van der Waals surface area contributed by atoms with Gasteiger partial charge in [0.05, 0.1) is 23.5 Å². The molecule has 0 radical (unpaired) electrons. The Morgan fingerprint density at radius 2 is 1.57 bits per heavy atom. The highest BCUT2D eigenvalue weighted by molar-refractivity contribution is 5.89. The van der Waals surface area contributed by atoms with E-state index in [1.165, 1.54) is 0 Å². The van der Waals surface area contributed by atoms with E-state index in [0.717, 1.165) is 6.42 Å². The molecule has 2 aromatic carbocycles. The van der Waals surface area contributed by atoms with E-state index >= 15 is 0 Å². The average Bonchev–Trinajstić information content (AvgIpc) is 2.59. The van der Waals surface area contributed by atoms with Crippen molar-refractivity contribution in [2.45, 2.75) is 20.3 Å². The molecule has 0 fully saturated rings. The van der Waals surface area contributed by atoms with Crippen molar-refractivity contribution in [1.29, 1.82) is 0 Å². The molecule has 1 N–H and O–H groups in total. The number of esters is 1. The number of carbonyl (C=O) groups excluding carboxylic acids is 1. The minimum Gasteiger partial charge on any atom is -0.508 e. The maximum Gasteiger partial charge on any atom is 0.338 e. The first-order valence-electron chi connectivity index (χ1n) is 7.56. The second kappa shape index (κ2) is 8.08. The Morgan fingerprint density at radius 1 is 1.04 bits per heavy atom. The highest BCUT2D eigenvalue weighted by atomic mass is 16.5. The summed E-state index contributed by atoms with van der Waals surface area (Å²) in [6.07, 6.45) is 0.976. The van der Waals surface area contributed by atoms with Crippen LogP contribution in [0.5, 0.6) is 5.75 Å². The molecule has 120 valence electrons. The van der Waals surface area contributed by atoms with Gasteiger partial charge in [-0.3, -0.25) is 0 Å². The first-order valence-corrected chi connectivity index (χ1v) is 7.56. The predicted octanol–water partition coefficient (Wildman–Crippen LogP) is 5.01. The fourth-order valence-electron chi connectivity index (χ4n) is 1.72. The van der Waals surface area contributed by atoms with Crippen LogP contribution < -0.4 is 0 Å². The van der Waals surface area contributed by atoms with E-state index in [-0.39, 0.29) is 11.7 Å². The predicted molar refractivity (Wildman–Crippen MR) is 88.5 cm³/mol. The largest absolute Gasteiger partial charge is 0.508 e. The van der Waals surface area contributed by atoms with Gasteiger partial charge in [0.25, 0.3) is 0 Å². The summed E-state index contributed by atoms with van der Waals surface area (Å²) in [5.74, 6) is 0.217. The summed E-state index contributed by atoms with van der Waals surface area (Å²) in [5, 5.41) is 17.3. The normalized spacial score (nSPS) is 12.3. The Labute approximate surface area is 135 Å². The maximum absolute atomic E-state index is 11.9. The van der Waals surface area contributed by atoms with Crippen molar-refractivity contribution in [3.05, 3.63) is 54.1 Å². The van der Waals surface area contributed by atoms with Crippen LogP contribution in [0.3, 0.4) is 0 Å². The van der Waals surface area contributed by atoms with Crippen LogP contribution in [0.4, 0.5) is 11.4 Å². The Balaban J connectivity index is 1.96. The minimum atomic E-state index is -0.327. The first-order chi connectivity index (χ1) is 11.1. The van der Waals surface area contributed by atoms with E-state index < -0.39 is 0 Å². The molecule has 0 heterocycles. The molecule has 0 aliphatic carbocycles. The van der Waals surface area contributed by atoms with Crippen molar-refractivity contribution in [3.8, 4) is 5.75 Å². The highest BCUT2D eigenvalue weighted by Gasteiger charge is 2.08. The van der Waals surface area contributed by atoms with Gasteiger partial charge >= 0.3 is 5.97 Å². The number of phenols is 1. The van der Waals surface area contributed by atoms with Crippen LogP contribution in [0.1, 0.15) is 30.6 Å². The lowest BCUT2D eigenvalue weighted by Gasteiger charge is -2.09. The van der Waals surface area contributed by atoms with Gasteiger partial charge in [-0.1, -0.05) is 20.3 Å². The summed E-state index contributed by atoms with van der Waals surface area (Å²) < 4.78 is 5.24. The van der Waals surface area contributed by atoms with Crippen LogP contribution in [0.15, 0.2) is 58.8 Å². The van der Waals surface area contributed by atoms with Gasteiger partial charge in [0.15, 0.2) is 0 Å². The molecule has 1 unspecified atom stereocenters. The fraction of sp³-hybridized carbons (Fsp3) is 0.278. The SMILES string of the molecule is CCC(C)COC(=O)c1ccc(N=Nc2ccc(O)cc2)cc1. The lowest BCUT2D eigenvalue weighted by molar-refractivity contribution is 0.0447. The summed E-state index contributed by atoms with van der Waals surface area (Å²) in [6.45, 7) is 4.53. The quantitative estimate of drug-likeness (QED) is 0.602.